The largest absolute Gasteiger partial charge is 0.508 e. The highest BCUT2D eigenvalue weighted by atomic mass is 16.5. The van der Waals surface area contributed by atoms with Gasteiger partial charge in [0.15, 0.2) is 34.5 Å². The molecule has 12 nitrogen and oxygen atoms in total. The third-order valence-electron chi connectivity index (χ3n) is 4.96. The molecule has 0 aromatic heterocycles. The normalized spacial score (nSPS) is 10.8. The third-order valence-corrected chi connectivity index (χ3v) is 4.96. The highest BCUT2D eigenvalue weighted by Crippen LogP contribution is 2.52. The fraction of sp³-hybridized carbons (Fsp3) is 0. The van der Waals surface area contributed by atoms with Crippen LogP contribution >= 0.6 is 0 Å². The first-order valence-corrected chi connectivity index (χ1v) is 9.93. The van der Waals surface area contributed by atoms with Crippen LogP contribution in [0, 0.1) is 0 Å². The Kier molecular flexibility index (Phi) is 5.70. The molecule has 0 saturated heterocycles. The van der Waals surface area contributed by atoms with E-state index < -0.39 is 74.4 Å². The van der Waals surface area contributed by atoms with E-state index in [-0.39, 0.29) is 17.2 Å². The third kappa shape index (κ3) is 4.21. The molecule has 4 aromatic carbocycles. The number of phenols is 10. The van der Waals surface area contributed by atoms with E-state index in [9.17, 15) is 51.1 Å². The molecule has 36 heavy (non-hydrogen) atoms. The zero-order valence-electron chi connectivity index (χ0n) is 17.9. The summed E-state index contributed by atoms with van der Waals surface area (Å²) in [7, 11) is 0. The molecule has 4 aromatic rings. The maximum Gasteiger partial charge on any atom is 0.210 e. The fourth-order valence-corrected chi connectivity index (χ4v) is 3.36. The van der Waals surface area contributed by atoms with Crippen molar-refractivity contribution < 1.29 is 60.5 Å². The second-order valence-corrected chi connectivity index (χ2v) is 7.47. The van der Waals surface area contributed by atoms with Crippen LogP contribution in [0.15, 0.2) is 48.5 Å². The average Bonchev–Trinajstić information content (AvgIpc) is 2.78. The van der Waals surface area contributed by atoms with Gasteiger partial charge < -0.3 is 60.5 Å². The summed E-state index contributed by atoms with van der Waals surface area (Å²) >= 11 is 0. The first-order valence-electron chi connectivity index (χ1n) is 9.93. The van der Waals surface area contributed by atoms with Crippen molar-refractivity contribution in [3.8, 4) is 91.6 Å². The van der Waals surface area contributed by atoms with Crippen molar-refractivity contribution in [1.29, 1.82) is 0 Å². The minimum atomic E-state index is -0.790. The molecule has 0 bridgehead atoms. The summed E-state index contributed by atoms with van der Waals surface area (Å²) in [5.74, 6) is -7.89. The van der Waals surface area contributed by atoms with Crippen molar-refractivity contribution in [1.82, 2.24) is 0 Å². The summed E-state index contributed by atoms with van der Waals surface area (Å²) < 4.78 is 10.8. The van der Waals surface area contributed by atoms with E-state index in [2.05, 4.69) is 0 Å². The Morgan fingerprint density at radius 1 is 0.417 bits per heavy atom. The first-order chi connectivity index (χ1) is 17.0. The molecule has 0 fully saturated rings. The van der Waals surface area contributed by atoms with Crippen molar-refractivity contribution in [3.63, 3.8) is 0 Å². The molecular weight excluding hydrogens is 480 g/mol. The zero-order chi connectivity index (χ0) is 26.3. The summed E-state index contributed by atoms with van der Waals surface area (Å²) in [4.78, 5) is 0. The van der Waals surface area contributed by atoms with Gasteiger partial charge in [0.25, 0.3) is 0 Å². The summed E-state index contributed by atoms with van der Waals surface area (Å²) in [6.07, 6.45) is 0. The van der Waals surface area contributed by atoms with E-state index in [1.807, 2.05) is 0 Å². The van der Waals surface area contributed by atoms with E-state index in [4.69, 9.17) is 9.47 Å². The van der Waals surface area contributed by atoms with Crippen LogP contribution in [0.3, 0.4) is 0 Å². The molecule has 0 aliphatic rings. The number of hydrogen-bond acceptors (Lipinski definition) is 12. The summed E-state index contributed by atoms with van der Waals surface area (Å²) in [5, 5.41) is 99.9. The SMILES string of the molecule is Oc1cc(O)c(-c2c(O)ccc(Oc3cc(O)c(Oc4cc(O)c(O)c(O)c4)c(O)c3)c2O)c(O)c1. The Balaban J connectivity index is 1.69. The Hall–Kier alpha value is -5.52. The minimum absolute atomic E-state index is 0.222. The van der Waals surface area contributed by atoms with E-state index in [1.54, 1.807) is 0 Å². The predicted octanol–water partition coefficient (Wildman–Crippen LogP) is 3.99. The average molecular weight is 498 g/mol. The smallest absolute Gasteiger partial charge is 0.210 e. The Labute approximate surface area is 201 Å². The van der Waals surface area contributed by atoms with Gasteiger partial charge in [0, 0.05) is 36.4 Å². The van der Waals surface area contributed by atoms with Gasteiger partial charge in [-0.1, -0.05) is 0 Å². The summed E-state index contributed by atoms with van der Waals surface area (Å²) in [6, 6.07) is 7.77. The monoisotopic (exact) mass is 498 g/mol. The van der Waals surface area contributed by atoms with Crippen molar-refractivity contribution in [2.45, 2.75) is 0 Å². The molecule has 0 saturated carbocycles. The number of rotatable bonds is 5. The van der Waals surface area contributed by atoms with Crippen molar-refractivity contribution in [2.75, 3.05) is 0 Å². The number of ether oxygens (including phenoxy) is 2. The van der Waals surface area contributed by atoms with Crippen LogP contribution in [0.1, 0.15) is 0 Å². The van der Waals surface area contributed by atoms with Crippen LogP contribution in [-0.2, 0) is 0 Å². The second kappa shape index (κ2) is 8.68. The Morgan fingerprint density at radius 2 is 0.917 bits per heavy atom. The van der Waals surface area contributed by atoms with Crippen LogP contribution in [0.25, 0.3) is 11.1 Å². The van der Waals surface area contributed by atoms with Gasteiger partial charge in [0.2, 0.25) is 11.5 Å². The lowest BCUT2D eigenvalue weighted by Crippen LogP contribution is -1.91. The van der Waals surface area contributed by atoms with Gasteiger partial charge in [0.1, 0.15) is 34.5 Å². The molecule has 12 heteroatoms. The van der Waals surface area contributed by atoms with Gasteiger partial charge >= 0.3 is 0 Å². The molecule has 0 atom stereocenters. The first kappa shape index (κ1) is 23.6. The van der Waals surface area contributed by atoms with Gasteiger partial charge in [-0.15, -0.1) is 0 Å². The maximum atomic E-state index is 10.7. The molecule has 0 amide bonds. The number of hydrogen-bond donors (Lipinski definition) is 10. The zero-order valence-corrected chi connectivity index (χ0v) is 17.9. The molecule has 10 N–H and O–H groups in total. The number of benzene rings is 4. The lowest BCUT2D eigenvalue weighted by molar-refractivity contribution is 0.350. The fourth-order valence-electron chi connectivity index (χ4n) is 3.36. The molecule has 0 aliphatic heterocycles. The van der Waals surface area contributed by atoms with E-state index in [1.165, 1.54) is 0 Å². The minimum Gasteiger partial charge on any atom is -0.508 e. The van der Waals surface area contributed by atoms with E-state index in [0.29, 0.717) is 0 Å². The van der Waals surface area contributed by atoms with E-state index in [0.717, 1.165) is 48.5 Å². The summed E-state index contributed by atoms with van der Waals surface area (Å²) in [5.41, 5.74) is -0.828. The Morgan fingerprint density at radius 3 is 1.47 bits per heavy atom. The lowest BCUT2D eigenvalue weighted by Gasteiger charge is -2.16. The lowest BCUT2D eigenvalue weighted by atomic mass is 10.0. The van der Waals surface area contributed by atoms with Gasteiger partial charge in [0.05, 0.1) is 11.1 Å². The van der Waals surface area contributed by atoms with Crippen LogP contribution in [0.5, 0.6) is 80.5 Å². The van der Waals surface area contributed by atoms with Gasteiger partial charge in [-0.3, -0.25) is 0 Å². The maximum absolute atomic E-state index is 10.7. The molecule has 0 radical (unpaired) electrons. The highest BCUT2D eigenvalue weighted by molar-refractivity contribution is 5.87. The van der Waals surface area contributed by atoms with Crippen molar-refractivity contribution >= 4 is 0 Å². The molecule has 0 unspecified atom stereocenters. The van der Waals surface area contributed by atoms with Crippen molar-refractivity contribution in [3.05, 3.63) is 48.5 Å². The topological polar surface area (TPSA) is 221 Å². The molecular formula is C24H18O12. The van der Waals surface area contributed by atoms with Gasteiger partial charge in [-0.05, 0) is 12.1 Å². The van der Waals surface area contributed by atoms with Crippen LogP contribution in [-0.4, -0.2) is 51.1 Å². The van der Waals surface area contributed by atoms with Gasteiger partial charge in [-0.2, -0.15) is 0 Å². The predicted molar refractivity (Wildman–Crippen MR) is 122 cm³/mol. The highest BCUT2D eigenvalue weighted by Gasteiger charge is 2.23. The summed E-state index contributed by atoms with van der Waals surface area (Å²) in [6.45, 7) is 0. The quantitative estimate of drug-likeness (QED) is 0.176. The van der Waals surface area contributed by atoms with Crippen molar-refractivity contribution in [2.24, 2.45) is 0 Å². The molecule has 0 aliphatic carbocycles. The van der Waals surface area contributed by atoms with Crippen LogP contribution in [0.4, 0.5) is 0 Å². The molecule has 186 valence electrons. The van der Waals surface area contributed by atoms with Gasteiger partial charge in [-0.25, -0.2) is 0 Å². The van der Waals surface area contributed by atoms with E-state index >= 15 is 0 Å². The van der Waals surface area contributed by atoms with Crippen LogP contribution < -0.4 is 9.47 Å². The standard InChI is InChI=1S/C24H18O12/c25-9-3-13(27)20(14(28)4-9)21-12(26)1-2-19(23(21)34)35-10-7-17(31)24(18(32)8-10)36-11-5-15(29)22(33)16(30)6-11/h1-8,25-34H. The molecule has 0 spiro atoms. The number of aromatic hydroxyl groups is 10. The molecule has 0 heterocycles. The number of phenolic OH excluding ortho intramolecular Hbond substituents is 10. The Bertz CT molecular complexity index is 1430. The molecule has 4 rings (SSSR count). The second-order valence-electron chi connectivity index (χ2n) is 7.47. The van der Waals surface area contributed by atoms with Crippen LogP contribution in [0.2, 0.25) is 0 Å².